The molecule has 0 aliphatic carbocycles. The zero-order valence-electron chi connectivity index (χ0n) is 13.3. The average molecular weight is 378 g/mol. The molecule has 1 aromatic heterocycles. The maximum absolute atomic E-state index is 12.6. The summed E-state index contributed by atoms with van der Waals surface area (Å²) in [5.74, 6) is -0.499. The number of carboxylic acid groups (broad SMARTS) is 1. The number of benzene rings is 1. The summed E-state index contributed by atoms with van der Waals surface area (Å²) in [4.78, 5) is 38.9. The number of morpholine rings is 1. The number of carbonyl (C=O) groups is 2. The summed E-state index contributed by atoms with van der Waals surface area (Å²) in [5, 5.41) is 22.3. The summed E-state index contributed by atoms with van der Waals surface area (Å²) in [6, 6.07) is 6.66. The van der Waals surface area contributed by atoms with Crippen molar-refractivity contribution in [3.63, 3.8) is 0 Å². The number of aromatic nitrogens is 1. The van der Waals surface area contributed by atoms with Crippen LogP contribution in [0.15, 0.2) is 30.5 Å². The molecule has 1 fully saturated rings. The van der Waals surface area contributed by atoms with E-state index in [0.29, 0.717) is 11.1 Å². The largest absolute Gasteiger partial charge is 0.465 e. The van der Waals surface area contributed by atoms with E-state index in [0.717, 1.165) is 17.5 Å². The van der Waals surface area contributed by atoms with E-state index in [9.17, 15) is 19.7 Å². The van der Waals surface area contributed by atoms with E-state index < -0.39 is 23.0 Å². The molecule has 1 unspecified atom stereocenters. The number of anilines is 1. The fourth-order valence-corrected chi connectivity index (χ4v) is 3.20. The molecule has 0 radical (unpaired) electrons. The van der Waals surface area contributed by atoms with Crippen molar-refractivity contribution in [2.45, 2.75) is 6.10 Å². The van der Waals surface area contributed by atoms with Gasteiger partial charge in [-0.05, 0) is 23.0 Å². The Morgan fingerprint density at radius 2 is 2.19 bits per heavy atom. The molecule has 3 rings (SSSR count). The minimum absolute atomic E-state index is 0.105. The number of hydrogen-bond donors (Lipinski definition) is 2. The number of carbonyl (C=O) groups excluding carboxylic acids is 1. The third-order valence-electron chi connectivity index (χ3n) is 3.78. The van der Waals surface area contributed by atoms with Crippen LogP contribution >= 0.6 is 11.3 Å². The van der Waals surface area contributed by atoms with E-state index in [4.69, 9.17) is 9.84 Å². The molecule has 0 saturated carbocycles. The number of amides is 2. The molecule has 0 bridgehead atoms. The first-order valence-electron chi connectivity index (χ1n) is 7.55. The lowest BCUT2D eigenvalue weighted by molar-refractivity contribution is -0.380. The molecule has 2 heterocycles. The van der Waals surface area contributed by atoms with E-state index in [1.807, 2.05) is 0 Å². The molecule has 1 aromatic carbocycles. The minimum Gasteiger partial charge on any atom is -0.465 e. The maximum atomic E-state index is 12.6. The molecule has 2 N–H and O–H groups in total. The first-order chi connectivity index (χ1) is 12.5. The second-order valence-electron chi connectivity index (χ2n) is 5.39. The van der Waals surface area contributed by atoms with Gasteiger partial charge in [-0.3, -0.25) is 20.2 Å². The smallest absolute Gasteiger partial charge is 0.407 e. The molecule has 1 aliphatic rings. The Hall–Kier alpha value is -3.05. The van der Waals surface area contributed by atoms with Crippen LogP contribution in [-0.2, 0) is 4.74 Å². The van der Waals surface area contributed by atoms with Crippen molar-refractivity contribution in [1.82, 2.24) is 9.88 Å². The highest BCUT2D eigenvalue weighted by Gasteiger charge is 2.28. The number of hydrogen-bond acceptors (Lipinski definition) is 7. The topological polar surface area (TPSA) is 135 Å². The highest BCUT2D eigenvalue weighted by Crippen LogP contribution is 2.28. The van der Waals surface area contributed by atoms with Crippen molar-refractivity contribution in [2.75, 3.05) is 25.0 Å². The van der Waals surface area contributed by atoms with E-state index in [-0.39, 0.29) is 29.8 Å². The normalized spacial score (nSPS) is 16.9. The molecule has 0 spiro atoms. The van der Waals surface area contributed by atoms with Crippen LogP contribution < -0.4 is 5.32 Å². The summed E-state index contributed by atoms with van der Waals surface area (Å²) in [6.45, 7) is 0.608. The van der Waals surface area contributed by atoms with Crippen LogP contribution in [0, 0.1) is 10.1 Å². The molecule has 2 amide bonds. The number of thiazole rings is 1. The Labute approximate surface area is 151 Å². The van der Waals surface area contributed by atoms with Gasteiger partial charge in [-0.15, -0.1) is 0 Å². The predicted octanol–water partition coefficient (Wildman–Crippen LogP) is 2.35. The van der Waals surface area contributed by atoms with E-state index in [1.54, 1.807) is 24.3 Å². The molecule has 2 aromatic rings. The molecule has 11 heteroatoms. The zero-order chi connectivity index (χ0) is 18.7. The van der Waals surface area contributed by atoms with E-state index in [1.165, 1.54) is 4.90 Å². The number of rotatable bonds is 4. The molecule has 1 atom stereocenters. The lowest BCUT2D eigenvalue weighted by atomic mass is 10.0. The number of nitro groups is 1. The summed E-state index contributed by atoms with van der Waals surface area (Å²) >= 11 is 0.750. The fourth-order valence-electron chi connectivity index (χ4n) is 2.57. The van der Waals surface area contributed by atoms with Gasteiger partial charge in [-0.1, -0.05) is 18.2 Å². The van der Waals surface area contributed by atoms with Crippen molar-refractivity contribution in [3.05, 3.63) is 51.7 Å². The Morgan fingerprint density at radius 3 is 2.88 bits per heavy atom. The van der Waals surface area contributed by atoms with Crippen LogP contribution in [0.3, 0.4) is 0 Å². The van der Waals surface area contributed by atoms with Crippen LogP contribution in [0.4, 0.5) is 14.9 Å². The third-order valence-corrected chi connectivity index (χ3v) is 4.65. The summed E-state index contributed by atoms with van der Waals surface area (Å²) in [6.07, 6.45) is -0.552. The molecule has 26 heavy (non-hydrogen) atoms. The van der Waals surface area contributed by atoms with E-state index >= 15 is 0 Å². The van der Waals surface area contributed by atoms with Gasteiger partial charge < -0.3 is 14.7 Å². The van der Waals surface area contributed by atoms with Crippen LogP contribution in [0.2, 0.25) is 0 Å². The maximum Gasteiger partial charge on any atom is 0.407 e. The molecule has 1 saturated heterocycles. The monoisotopic (exact) mass is 378 g/mol. The van der Waals surface area contributed by atoms with Gasteiger partial charge in [0.1, 0.15) is 12.3 Å². The van der Waals surface area contributed by atoms with Gasteiger partial charge in [0.2, 0.25) is 0 Å². The number of nitrogens with zero attached hydrogens (tertiary/aromatic N) is 3. The Bertz CT molecular complexity index is 854. The Morgan fingerprint density at radius 1 is 1.42 bits per heavy atom. The van der Waals surface area contributed by atoms with Crippen molar-refractivity contribution < 1.29 is 24.4 Å². The standard InChI is InChI=1S/C15H14N4O6S/c20-13(17-14-16-7-12(26-14)19(23)24)10-4-2-1-3-9(10)11-8-18(15(21)22)5-6-25-11/h1-4,7,11H,5-6,8H2,(H,21,22)(H,16,17,20). The van der Waals surface area contributed by atoms with Crippen molar-refractivity contribution in [2.24, 2.45) is 0 Å². The summed E-state index contributed by atoms with van der Waals surface area (Å²) in [5.41, 5.74) is 0.838. The second-order valence-corrected chi connectivity index (χ2v) is 6.40. The van der Waals surface area contributed by atoms with Gasteiger partial charge in [0.05, 0.1) is 18.1 Å². The van der Waals surface area contributed by atoms with Gasteiger partial charge in [0.25, 0.3) is 5.91 Å². The van der Waals surface area contributed by atoms with Crippen molar-refractivity contribution in [1.29, 1.82) is 0 Å². The lowest BCUT2D eigenvalue weighted by Crippen LogP contribution is -2.41. The molecule has 10 nitrogen and oxygen atoms in total. The third kappa shape index (κ3) is 3.78. The first kappa shape index (κ1) is 17.8. The molecular weight excluding hydrogens is 364 g/mol. The van der Waals surface area contributed by atoms with Crippen LogP contribution in [0.5, 0.6) is 0 Å². The van der Waals surface area contributed by atoms with Gasteiger partial charge >= 0.3 is 11.1 Å². The van der Waals surface area contributed by atoms with Gasteiger partial charge in [0, 0.05) is 12.1 Å². The SMILES string of the molecule is O=C(Nc1ncc([N+](=O)[O-])s1)c1ccccc1C1CN(C(=O)O)CCO1. The quantitative estimate of drug-likeness (QED) is 0.616. The van der Waals surface area contributed by atoms with Gasteiger partial charge in [-0.2, -0.15) is 0 Å². The summed E-state index contributed by atoms with van der Waals surface area (Å²) in [7, 11) is 0. The van der Waals surface area contributed by atoms with Crippen molar-refractivity contribution >= 4 is 33.5 Å². The summed E-state index contributed by atoms with van der Waals surface area (Å²) < 4.78 is 5.63. The number of ether oxygens (including phenoxy) is 1. The predicted molar refractivity (Wildman–Crippen MR) is 91.5 cm³/mol. The first-order valence-corrected chi connectivity index (χ1v) is 8.37. The fraction of sp³-hybridized carbons (Fsp3) is 0.267. The van der Waals surface area contributed by atoms with Crippen molar-refractivity contribution in [3.8, 4) is 0 Å². The average Bonchev–Trinajstić information content (AvgIpc) is 3.10. The zero-order valence-corrected chi connectivity index (χ0v) is 14.1. The van der Waals surface area contributed by atoms with Crippen LogP contribution in [0.1, 0.15) is 22.0 Å². The van der Waals surface area contributed by atoms with Crippen LogP contribution in [0.25, 0.3) is 0 Å². The highest BCUT2D eigenvalue weighted by molar-refractivity contribution is 7.18. The molecular formula is C15H14N4O6S. The lowest BCUT2D eigenvalue weighted by Gasteiger charge is -2.32. The van der Waals surface area contributed by atoms with Gasteiger partial charge in [-0.25, -0.2) is 9.78 Å². The van der Waals surface area contributed by atoms with Gasteiger partial charge in [0.15, 0.2) is 5.13 Å². The molecule has 136 valence electrons. The minimum atomic E-state index is -1.05. The second kappa shape index (κ2) is 7.45. The molecule has 1 aliphatic heterocycles. The number of nitrogens with one attached hydrogen (secondary N) is 1. The van der Waals surface area contributed by atoms with E-state index in [2.05, 4.69) is 10.3 Å². The highest BCUT2D eigenvalue weighted by atomic mass is 32.1. The van der Waals surface area contributed by atoms with Crippen LogP contribution in [-0.4, -0.2) is 51.6 Å². The Balaban J connectivity index is 1.80. The Kier molecular flexibility index (Phi) is 5.09.